The highest BCUT2D eigenvalue weighted by Gasteiger charge is 2.68. The summed E-state index contributed by atoms with van der Waals surface area (Å²) in [6.45, 7) is 2.49. The highest BCUT2D eigenvalue weighted by Crippen LogP contribution is 2.63. The summed E-state index contributed by atoms with van der Waals surface area (Å²) in [4.78, 5) is 2.70. The van der Waals surface area contributed by atoms with Crippen LogP contribution in [0, 0.1) is 17.3 Å². The number of hydrogen-bond donors (Lipinski definition) is 1. The molecule has 6 rings (SSSR count). The lowest BCUT2D eigenvalue weighted by atomic mass is 9.50. The number of rotatable bonds is 0. The third kappa shape index (κ3) is 1.05. The van der Waals surface area contributed by atoms with E-state index in [1.54, 1.807) is 0 Å². The molecule has 1 saturated carbocycles. The number of piperidine rings is 3. The van der Waals surface area contributed by atoms with Crippen LogP contribution in [-0.2, 0) is 4.74 Å². The topological polar surface area (TPSA) is 24.5 Å². The van der Waals surface area contributed by atoms with Gasteiger partial charge in [0.2, 0.25) is 0 Å². The van der Waals surface area contributed by atoms with Gasteiger partial charge < -0.3 is 10.1 Å². The van der Waals surface area contributed by atoms with Crippen molar-refractivity contribution in [3.05, 3.63) is 0 Å². The normalized spacial score (nSPS) is 61.3. The van der Waals surface area contributed by atoms with E-state index in [-0.39, 0.29) is 0 Å². The molecule has 0 radical (unpaired) electrons. The van der Waals surface area contributed by atoms with Crippen LogP contribution in [0.25, 0.3) is 0 Å². The van der Waals surface area contributed by atoms with E-state index in [9.17, 15) is 0 Å². The summed E-state index contributed by atoms with van der Waals surface area (Å²) >= 11 is 0. The van der Waals surface area contributed by atoms with E-state index in [2.05, 4.69) is 10.2 Å². The van der Waals surface area contributed by atoms with E-state index in [0.717, 1.165) is 11.8 Å². The zero-order chi connectivity index (χ0) is 11.7. The van der Waals surface area contributed by atoms with E-state index < -0.39 is 0 Å². The van der Waals surface area contributed by atoms with Crippen LogP contribution in [0.3, 0.4) is 0 Å². The van der Waals surface area contributed by atoms with Crippen molar-refractivity contribution in [2.45, 2.75) is 63.4 Å². The van der Waals surface area contributed by atoms with Crippen molar-refractivity contribution >= 4 is 0 Å². The van der Waals surface area contributed by atoms with Crippen LogP contribution in [0.1, 0.15) is 44.9 Å². The Hall–Kier alpha value is -0.120. The van der Waals surface area contributed by atoms with Crippen molar-refractivity contribution in [3.8, 4) is 0 Å². The van der Waals surface area contributed by atoms with Gasteiger partial charge in [-0.1, -0.05) is 6.42 Å². The lowest BCUT2D eigenvalue weighted by molar-refractivity contribution is -0.355. The van der Waals surface area contributed by atoms with Gasteiger partial charge in [0.15, 0.2) is 0 Å². The minimum Gasteiger partial charge on any atom is -0.359 e. The first-order valence-electron chi connectivity index (χ1n) is 8.06. The molecule has 5 saturated heterocycles. The van der Waals surface area contributed by atoms with Crippen LogP contribution in [0.5, 0.6) is 0 Å². The average Bonchev–Trinajstić information content (AvgIpc) is 2.40. The first-order chi connectivity index (χ1) is 8.91. The minimum absolute atomic E-state index is 0.464. The molecule has 1 aliphatic carbocycles. The predicted molar refractivity (Wildman–Crippen MR) is 68.9 cm³/mol. The van der Waals surface area contributed by atoms with E-state index in [4.69, 9.17) is 4.74 Å². The highest BCUT2D eigenvalue weighted by atomic mass is 16.5. The molecule has 0 aromatic rings. The van der Waals surface area contributed by atoms with Gasteiger partial charge in [0.05, 0.1) is 12.3 Å². The fourth-order valence-electron chi connectivity index (χ4n) is 6.27. The molecule has 5 heterocycles. The smallest absolute Gasteiger partial charge is 0.115 e. The van der Waals surface area contributed by atoms with Crippen molar-refractivity contribution < 1.29 is 4.74 Å². The Morgan fingerprint density at radius 2 is 2.11 bits per heavy atom. The molecule has 6 fully saturated rings. The Balaban J connectivity index is 1.66. The highest BCUT2D eigenvalue weighted by molar-refractivity contribution is 5.15. The number of nitrogens with one attached hydrogen (secondary N) is 1. The summed E-state index contributed by atoms with van der Waals surface area (Å²) in [5.74, 6) is 1.82. The molecule has 18 heavy (non-hydrogen) atoms. The molecule has 3 heteroatoms. The minimum atomic E-state index is 0.464. The second kappa shape index (κ2) is 3.50. The summed E-state index contributed by atoms with van der Waals surface area (Å²) in [7, 11) is 0. The van der Waals surface area contributed by atoms with Crippen LogP contribution < -0.4 is 5.32 Å². The Bertz CT molecular complexity index is 351. The summed E-state index contributed by atoms with van der Waals surface area (Å²) in [5.41, 5.74) is 0.482. The van der Waals surface area contributed by atoms with Crippen LogP contribution in [0.2, 0.25) is 0 Å². The molecule has 5 aliphatic heterocycles. The van der Waals surface area contributed by atoms with E-state index in [0.29, 0.717) is 23.9 Å². The van der Waals surface area contributed by atoms with Gasteiger partial charge in [-0.05, 0) is 51.0 Å². The molecule has 3 nitrogen and oxygen atoms in total. The average molecular weight is 248 g/mol. The first kappa shape index (κ1) is 10.6. The van der Waals surface area contributed by atoms with E-state index >= 15 is 0 Å². The van der Waals surface area contributed by atoms with E-state index in [1.807, 2.05) is 0 Å². The molecule has 6 aliphatic rings. The molecule has 0 amide bonds. The molecular formula is C15H24N2O. The Morgan fingerprint density at radius 1 is 1.11 bits per heavy atom. The number of hydrogen-bond acceptors (Lipinski definition) is 3. The first-order valence-corrected chi connectivity index (χ1v) is 8.06. The lowest BCUT2D eigenvalue weighted by Crippen LogP contribution is -2.80. The zero-order valence-electron chi connectivity index (χ0n) is 11.1. The quantitative estimate of drug-likeness (QED) is 0.709. The monoisotopic (exact) mass is 248 g/mol. The molecule has 1 unspecified atom stereocenters. The van der Waals surface area contributed by atoms with Crippen molar-refractivity contribution in [2.75, 3.05) is 13.1 Å². The maximum absolute atomic E-state index is 6.57. The summed E-state index contributed by atoms with van der Waals surface area (Å²) in [6.07, 6.45) is 11.5. The van der Waals surface area contributed by atoms with Gasteiger partial charge in [-0.2, -0.15) is 0 Å². The number of ether oxygens (including phenoxy) is 1. The molecule has 6 bridgehead atoms. The van der Waals surface area contributed by atoms with Gasteiger partial charge in [0.1, 0.15) is 6.23 Å². The van der Waals surface area contributed by atoms with Crippen LogP contribution in [0.15, 0.2) is 0 Å². The standard InChI is InChI=1S/C15H24N2O/c1-5-11-10-4-2-9-17-13(10)18-12(6-1)15(11)7-3-8-16-14(15)17/h10-14,16H,1-9H2/t10-,11-,12-,13+,14+,15+/m1/s1. The van der Waals surface area contributed by atoms with Gasteiger partial charge in [0.25, 0.3) is 0 Å². The lowest BCUT2D eigenvalue weighted by Gasteiger charge is -2.72. The molecule has 0 aromatic heterocycles. The molecule has 100 valence electrons. The third-order valence-corrected chi connectivity index (χ3v) is 6.70. The molecule has 1 N–H and O–H groups in total. The second-order valence-corrected chi connectivity index (χ2v) is 7.17. The zero-order valence-corrected chi connectivity index (χ0v) is 11.1. The maximum atomic E-state index is 6.57. The largest absolute Gasteiger partial charge is 0.359 e. The van der Waals surface area contributed by atoms with Crippen LogP contribution in [0.4, 0.5) is 0 Å². The Morgan fingerprint density at radius 3 is 3.11 bits per heavy atom. The van der Waals surface area contributed by atoms with Crippen LogP contribution in [-0.4, -0.2) is 36.5 Å². The molecular weight excluding hydrogens is 224 g/mol. The van der Waals surface area contributed by atoms with Gasteiger partial charge in [-0.15, -0.1) is 0 Å². The fourth-order valence-corrected chi connectivity index (χ4v) is 6.27. The Kier molecular flexibility index (Phi) is 2.07. The summed E-state index contributed by atoms with van der Waals surface area (Å²) in [6, 6.07) is 0. The maximum Gasteiger partial charge on any atom is 0.115 e. The van der Waals surface area contributed by atoms with E-state index in [1.165, 1.54) is 58.0 Å². The van der Waals surface area contributed by atoms with Gasteiger partial charge >= 0.3 is 0 Å². The third-order valence-electron chi connectivity index (χ3n) is 6.70. The van der Waals surface area contributed by atoms with Crippen LogP contribution >= 0.6 is 0 Å². The van der Waals surface area contributed by atoms with Gasteiger partial charge in [-0.3, -0.25) is 4.90 Å². The summed E-state index contributed by atoms with van der Waals surface area (Å²) in [5, 5.41) is 3.87. The van der Waals surface area contributed by atoms with Gasteiger partial charge in [0, 0.05) is 17.9 Å². The Labute approximate surface area is 109 Å². The van der Waals surface area contributed by atoms with Crippen molar-refractivity contribution in [1.29, 1.82) is 0 Å². The fraction of sp³-hybridized carbons (Fsp3) is 1.00. The molecule has 0 aromatic carbocycles. The summed E-state index contributed by atoms with van der Waals surface area (Å²) < 4.78 is 6.57. The van der Waals surface area contributed by atoms with Crippen molar-refractivity contribution in [3.63, 3.8) is 0 Å². The number of nitrogens with zero attached hydrogens (tertiary/aromatic N) is 1. The second-order valence-electron chi connectivity index (χ2n) is 7.17. The van der Waals surface area contributed by atoms with Gasteiger partial charge in [-0.25, -0.2) is 0 Å². The predicted octanol–water partition coefficient (Wildman–Crippen LogP) is 1.93. The van der Waals surface area contributed by atoms with Crippen molar-refractivity contribution in [2.24, 2.45) is 17.3 Å². The SMILES string of the molecule is C1C[C@@H]2[C@H]3CCCN4[C@H]3O[C@H](C1)[C@]21CCCN[C@@H]41. The molecule has 7 atom stereocenters. The van der Waals surface area contributed by atoms with Crippen molar-refractivity contribution in [1.82, 2.24) is 10.2 Å². The molecule has 1 spiro atoms.